The lowest BCUT2D eigenvalue weighted by Gasteiger charge is -2.10. The number of hydrogen-bond donors (Lipinski definition) is 2. The number of hydrogen-bond acceptors (Lipinski definition) is 3. The fourth-order valence-electron chi connectivity index (χ4n) is 4.49. The lowest BCUT2D eigenvalue weighted by Crippen LogP contribution is -2.03. The van der Waals surface area contributed by atoms with Crippen molar-refractivity contribution in [3.63, 3.8) is 0 Å². The number of nitrogens with one attached hydrogen (secondary N) is 1. The van der Waals surface area contributed by atoms with E-state index in [1.165, 1.54) is 27.8 Å². The van der Waals surface area contributed by atoms with E-state index in [9.17, 15) is 5.11 Å². The molecule has 0 aliphatic rings. The van der Waals surface area contributed by atoms with E-state index < -0.39 is 0 Å². The van der Waals surface area contributed by atoms with Crippen molar-refractivity contribution in [2.45, 2.75) is 39.3 Å². The smallest absolute Gasteiger partial charge is 0.135 e. The maximum absolute atomic E-state index is 9.98. The lowest BCUT2D eigenvalue weighted by molar-refractivity contribution is 0.468. The van der Waals surface area contributed by atoms with E-state index in [-0.39, 0.29) is 0 Å². The van der Waals surface area contributed by atoms with Gasteiger partial charge in [-0.1, -0.05) is 73.7 Å². The van der Waals surface area contributed by atoms with Crippen LogP contribution in [0.15, 0.2) is 97.3 Å². The molecule has 0 amide bonds. The average molecular weight is 462 g/mol. The zero-order valence-electron chi connectivity index (χ0n) is 20.1. The van der Waals surface area contributed by atoms with E-state index in [0.29, 0.717) is 5.75 Å². The zero-order chi connectivity index (χ0) is 24.0. The van der Waals surface area contributed by atoms with Gasteiger partial charge in [0.2, 0.25) is 0 Å². The minimum Gasteiger partial charge on any atom is -0.508 e. The molecule has 5 aromatic rings. The van der Waals surface area contributed by atoms with Gasteiger partial charge in [0, 0.05) is 30.9 Å². The molecule has 5 rings (SSSR count). The number of para-hydroxylation sites is 1. The largest absolute Gasteiger partial charge is 0.508 e. The average Bonchev–Trinajstić information content (AvgIpc) is 3.31. The molecule has 0 fully saturated rings. The molecule has 0 bridgehead atoms. The quantitative estimate of drug-likeness (QED) is 0.255. The summed E-state index contributed by atoms with van der Waals surface area (Å²) in [5.41, 5.74) is 7.31. The van der Waals surface area contributed by atoms with Crippen LogP contribution in [0.5, 0.6) is 5.75 Å². The third-order valence-electron chi connectivity index (χ3n) is 6.64. The maximum Gasteiger partial charge on any atom is 0.135 e. The molecule has 3 aromatic carbocycles. The highest BCUT2D eigenvalue weighted by Crippen LogP contribution is 2.24. The van der Waals surface area contributed by atoms with E-state index in [1.807, 2.05) is 24.4 Å². The first-order valence-electron chi connectivity index (χ1n) is 12.3. The molecular formula is C31H31N3O. The Morgan fingerprint density at radius 1 is 0.771 bits per heavy atom. The van der Waals surface area contributed by atoms with Crippen molar-refractivity contribution in [3.8, 4) is 5.75 Å². The van der Waals surface area contributed by atoms with Gasteiger partial charge in [-0.3, -0.25) is 0 Å². The van der Waals surface area contributed by atoms with E-state index in [1.54, 1.807) is 6.07 Å². The second kappa shape index (κ2) is 10.5. The summed E-state index contributed by atoms with van der Waals surface area (Å²) >= 11 is 0. The Labute approximate surface area is 206 Å². The fourth-order valence-corrected chi connectivity index (χ4v) is 4.49. The number of phenolic OH excluding ortho intramolecular Hbond substituents is 1. The number of aromatic nitrogens is 2. The number of fused-ring (bicyclic) bond motifs is 1. The summed E-state index contributed by atoms with van der Waals surface area (Å²) in [5.74, 6) is 1.29. The van der Waals surface area contributed by atoms with Crippen LogP contribution in [0.3, 0.4) is 0 Å². The maximum atomic E-state index is 9.98. The predicted molar refractivity (Wildman–Crippen MR) is 144 cm³/mol. The molecule has 35 heavy (non-hydrogen) atoms. The van der Waals surface area contributed by atoms with Gasteiger partial charge in [-0.15, -0.1) is 0 Å². The predicted octanol–water partition coefficient (Wildman–Crippen LogP) is 6.75. The zero-order valence-corrected chi connectivity index (χ0v) is 20.1. The Balaban J connectivity index is 1.24. The number of aryl methyl sites for hydroxylation is 3. The molecule has 2 aromatic heterocycles. The molecule has 2 N–H and O–H groups in total. The summed E-state index contributed by atoms with van der Waals surface area (Å²) in [6.45, 7) is 3.74. The molecule has 2 heterocycles. The Morgan fingerprint density at radius 3 is 2.26 bits per heavy atom. The van der Waals surface area contributed by atoms with E-state index in [2.05, 4.69) is 88.7 Å². The molecule has 0 saturated heterocycles. The van der Waals surface area contributed by atoms with Gasteiger partial charge < -0.3 is 15.0 Å². The van der Waals surface area contributed by atoms with Gasteiger partial charge in [-0.25, -0.2) is 4.98 Å². The van der Waals surface area contributed by atoms with Crippen LogP contribution in [0.2, 0.25) is 0 Å². The summed E-state index contributed by atoms with van der Waals surface area (Å²) in [6, 6.07) is 29.3. The summed E-state index contributed by atoms with van der Waals surface area (Å²) in [7, 11) is 0. The summed E-state index contributed by atoms with van der Waals surface area (Å²) < 4.78 is 2.27. The van der Waals surface area contributed by atoms with Gasteiger partial charge in [-0.05, 0) is 65.3 Å². The summed E-state index contributed by atoms with van der Waals surface area (Å²) in [5, 5.41) is 14.6. The topological polar surface area (TPSA) is 50.1 Å². The summed E-state index contributed by atoms with van der Waals surface area (Å²) in [4.78, 5) is 4.60. The van der Waals surface area contributed by atoms with Crippen LogP contribution in [0, 0.1) is 0 Å². The first-order valence-corrected chi connectivity index (χ1v) is 12.3. The first-order chi connectivity index (χ1) is 17.2. The minimum absolute atomic E-state index is 0.376. The van der Waals surface area contributed by atoms with Gasteiger partial charge in [-0.2, -0.15) is 0 Å². The third-order valence-corrected chi connectivity index (χ3v) is 6.64. The van der Waals surface area contributed by atoms with Gasteiger partial charge >= 0.3 is 0 Å². The Bertz CT molecular complexity index is 1400. The Morgan fingerprint density at radius 2 is 1.49 bits per heavy atom. The van der Waals surface area contributed by atoms with E-state index >= 15 is 0 Å². The fraction of sp³-hybridized carbons (Fsp3) is 0.194. The van der Waals surface area contributed by atoms with Crippen LogP contribution < -0.4 is 5.32 Å². The van der Waals surface area contributed by atoms with Crippen LogP contribution >= 0.6 is 0 Å². The number of pyridine rings is 1. The molecule has 0 aliphatic heterocycles. The van der Waals surface area contributed by atoms with Crippen LogP contribution in [-0.4, -0.2) is 14.7 Å². The van der Waals surface area contributed by atoms with Crippen molar-refractivity contribution in [2.24, 2.45) is 0 Å². The SMILES string of the molecule is CCc1ccc(CNc2nccc3c2ccn3Cc2ccc(CCc3ccccc3O)cc2)cc1. The van der Waals surface area contributed by atoms with Gasteiger partial charge in [0.05, 0.1) is 5.52 Å². The second-order valence-electron chi connectivity index (χ2n) is 9.00. The molecule has 4 heteroatoms. The van der Waals surface area contributed by atoms with Crippen LogP contribution in [0.25, 0.3) is 10.9 Å². The molecule has 0 spiro atoms. The Kier molecular flexibility index (Phi) is 6.80. The number of benzene rings is 3. The second-order valence-corrected chi connectivity index (χ2v) is 9.00. The van der Waals surface area contributed by atoms with Gasteiger partial charge in [0.25, 0.3) is 0 Å². The van der Waals surface area contributed by atoms with Crippen molar-refractivity contribution in [1.29, 1.82) is 0 Å². The lowest BCUT2D eigenvalue weighted by atomic mass is 10.0. The molecule has 0 radical (unpaired) electrons. The van der Waals surface area contributed by atoms with Crippen LogP contribution in [-0.2, 0) is 32.4 Å². The first kappa shape index (κ1) is 22.7. The highest BCUT2D eigenvalue weighted by atomic mass is 16.3. The monoisotopic (exact) mass is 461 g/mol. The van der Waals surface area contributed by atoms with Crippen LogP contribution in [0.1, 0.15) is 34.7 Å². The molecular weight excluding hydrogens is 430 g/mol. The number of nitrogens with zero attached hydrogens (tertiary/aromatic N) is 2. The number of anilines is 1. The van der Waals surface area contributed by atoms with Crippen molar-refractivity contribution < 1.29 is 5.11 Å². The third kappa shape index (κ3) is 5.38. The minimum atomic E-state index is 0.376. The molecule has 0 saturated carbocycles. The Hall–Kier alpha value is -4.05. The molecule has 4 nitrogen and oxygen atoms in total. The molecule has 0 atom stereocenters. The van der Waals surface area contributed by atoms with Crippen LogP contribution in [0.4, 0.5) is 5.82 Å². The number of rotatable bonds is 9. The van der Waals surface area contributed by atoms with E-state index in [0.717, 1.165) is 49.1 Å². The molecule has 176 valence electrons. The van der Waals surface area contributed by atoms with Crippen molar-refractivity contribution in [2.75, 3.05) is 5.32 Å². The highest BCUT2D eigenvalue weighted by molar-refractivity contribution is 5.90. The molecule has 0 unspecified atom stereocenters. The number of aromatic hydroxyl groups is 1. The highest BCUT2D eigenvalue weighted by Gasteiger charge is 2.08. The normalized spacial score (nSPS) is 11.1. The van der Waals surface area contributed by atoms with Gasteiger partial charge in [0.15, 0.2) is 0 Å². The van der Waals surface area contributed by atoms with Crippen molar-refractivity contribution in [3.05, 3.63) is 125 Å². The van der Waals surface area contributed by atoms with Gasteiger partial charge in [0.1, 0.15) is 11.6 Å². The van der Waals surface area contributed by atoms with Crippen molar-refractivity contribution in [1.82, 2.24) is 9.55 Å². The van der Waals surface area contributed by atoms with E-state index in [4.69, 9.17) is 0 Å². The standard InChI is InChI=1S/C31H31N3O/c1-2-23-7-11-25(12-8-23)21-33-31-28-18-20-34(29(28)17-19-32-31)22-26-13-9-24(10-14-26)15-16-27-5-3-4-6-30(27)35/h3-14,17-20,35H,2,15-16,21-22H2,1H3,(H,32,33). The number of phenols is 1. The molecule has 0 aliphatic carbocycles. The van der Waals surface area contributed by atoms with Crippen molar-refractivity contribution >= 4 is 16.7 Å². The summed E-state index contributed by atoms with van der Waals surface area (Å²) in [6.07, 6.45) is 6.82.